The second-order valence-electron chi connectivity index (χ2n) is 4.65. The molecule has 1 aromatic heterocycles. The second kappa shape index (κ2) is 7.51. The number of methoxy groups -OCH3 is 2. The van der Waals surface area contributed by atoms with Gasteiger partial charge in [0.2, 0.25) is 5.88 Å². The van der Waals surface area contributed by atoms with Gasteiger partial charge in [-0.25, -0.2) is 4.79 Å². The third-order valence-electron chi connectivity index (χ3n) is 3.31. The van der Waals surface area contributed by atoms with E-state index in [-0.39, 0.29) is 29.2 Å². The van der Waals surface area contributed by atoms with E-state index in [9.17, 15) is 14.9 Å². The number of hydrogen-bond donors (Lipinski definition) is 1. The minimum absolute atomic E-state index is 0.0136. The van der Waals surface area contributed by atoms with Gasteiger partial charge in [0.15, 0.2) is 0 Å². The molecule has 7 nitrogen and oxygen atoms in total. The zero-order chi connectivity index (χ0) is 17.9. The van der Waals surface area contributed by atoms with Crippen molar-refractivity contribution in [1.29, 1.82) is 5.26 Å². The van der Waals surface area contributed by atoms with E-state index in [1.165, 1.54) is 25.6 Å². The van der Waals surface area contributed by atoms with Gasteiger partial charge in [0, 0.05) is 4.88 Å². The molecule has 0 aromatic carbocycles. The van der Waals surface area contributed by atoms with Crippen molar-refractivity contribution < 1.29 is 23.8 Å². The summed E-state index contributed by atoms with van der Waals surface area (Å²) in [5, 5.41) is 9.45. The molecule has 1 aliphatic rings. The highest BCUT2D eigenvalue weighted by atomic mass is 79.9. The fraction of sp³-hybridized carbons (Fsp3) is 0.267. The Morgan fingerprint density at radius 1 is 1.42 bits per heavy atom. The molecule has 1 aliphatic heterocycles. The van der Waals surface area contributed by atoms with Crippen molar-refractivity contribution in [1.82, 2.24) is 0 Å². The highest BCUT2D eigenvalue weighted by Crippen LogP contribution is 2.43. The number of carbonyl (C=O) groups is 2. The average Bonchev–Trinajstić information content (AvgIpc) is 2.99. The van der Waals surface area contributed by atoms with Crippen LogP contribution in [0, 0.1) is 11.3 Å². The first kappa shape index (κ1) is 18.0. The molecule has 0 radical (unpaired) electrons. The smallest absolute Gasteiger partial charge is 0.338 e. The molecule has 0 aliphatic carbocycles. The maximum absolute atomic E-state index is 12.3. The Balaban J connectivity index is 2.65. The Bertz CT molecular complexity index is 790. The maximum Gasteiger partial charge on any atom is 0.338 e. The molecule has 1 aromatic rings. The Kier molecular flexibility index (Phi) is 5.64. The monoisotopic (exact) mass is 412 g/mol. The van der Waals surface area contributed by atoms with E-state index < -0.39 is 17.9 Å². The Hall–Kier alpha value is -2.31. The van der Waals surface area contributed by atoms with E-state index in [0.717, 1.165) is 3.79 Å². The maximum atomic E-state index is 12.3. The minimum atomic E-state index is -0.771. The lowest BCUT2D eigenvalue weighted by molar-refractivity contribution is -0.140. The number of rotatable bonds is 4. The van der Waals surface area contributed by atoms with Crippen LogP contribution in [0.1, 0.15) is 17.2 Å². The van der Waals surface area contributed by atoms with Crippen LogP contribution in [-0.2, 0) is 23.8 Å². The number of esters is 2. The van der Waals surface area contributed by atoms with Crippen molar-refractivity contribution in [3.05, 3.63) is 43.6 Å². The lowest BCUT2D eigenvalue weighted by Gasteiger charge is -2.26. The van der Waals surface area contributed by atoms with Crippen LogP contribution in [0.4, 0.5) is 0 Å². The van der Waals surface area contributed by atoms with E-state index in [0.29, 0.717) is 4.88 Å². The summed E-state index contributed by atoms with van der Waals surface area (Å²) in [5.41, 5.74) is 5.97. The molecule has 24 heavy (non-hydrogen) atoms. The standard InChI is InChI=1S/C15H13BrN2O5S/c1-21-11(19)5-8-13(15(20)22-2)12(7(6-17)14(18)23-8)9-3-4-10(16)24-9/h3-4,12H,5,18H2,1-2H3/t12-/m0/s1. The van der Waals surface area contributed by atoms with Gasteiger partial charge in [0.05, 0.1) is 29.5 Å². The van der Waals surface area contributed by atoms with Gasteiger partial charge in [-0.1, -0.05) is 0 Å². The lowest BCUT2D eigenvalue weighted by Crippen LogP contribution is -2.26. The average molecular weight is 413 g/mol. The van der Waals surface area contributed by atoms with Crippen LogP contribution in [0.15, 0.2) is 38.7 Å². The molecule has 1 atom stereocenters. The quantitative estimate of drug-likeness (QED) is 0.754. The first-order valence-corrected chi connectivity index (χ1v) is 8.24. The molecule has 2 N–H and O–H groups in total. The highest BCUT2D eigenvalue weighted by molar-refractivity contribution is 9.11. The molecule has 126 valence electrons. The van der Waals surface area contributed by atoms with E-state index in [4.69, 9.17) is 15.2 Å². The molecule has 0 unspecified atom stereocenters. The summed E-state index contributed by atoms with van der Waals surface area (Å²) in [4.78, 5) is 24.6. The van der Waals surface area contributed by atoms with Crippen molar-refractivity contribution in [2.24, 2.45) is 5.73 Å². The molecule has 0 amide bonds. The Morgan fingerprint density at radius 2 is 2.12 bits per heavy atom. The number of halogens is 1. The van der Waals surface area contributed by atoms with Crippen LogP contribution in [0.2, 0.25) is 0 Å². The van der Waals surface area contributed by atoms with Gasteiger partial charge >= 0.3 is 11.9 Å². The highest BCUT2D eigenvalue weighted by Gasteiger charge is 2.38. The summed E-state index contributed by atoms with van der Waals surface area (Å²) in [6.07, 6.45) is -0.302. The molecule has 0 bridgehead atoms. The summed E-state index contributed by atoms with van der Waals surface area (Å²) >= 11 is 4.68. The molecule has 2 rings (SSSR count). The Labute approximate surface area is 150 Å². The van der Waals surface area contributed by atoms with Gasteiger partial charge < -0.3 is 19.9 Å². The third-order valence-corrected chi connectivity index (χ3v) is 5.00. The molecular weight excluding hydrogens is 400 g/mol. The molecule has 2 heterocycles. The van der Waals surface area contributed by atoms with Gasteiger partial charge in [0.1, 0.15) is 23.8 Å². The SMILES string of the molecule is COC(=O)CC1=C(C(=O)OC)[C@H](c2ccc(Br)s2)C(C#N)=C(N)O1. The zero-order valence-electron chi connectivity index (χ0n) is 12.8. The van der Waals surface area contributed by atoms with Crippen molar-refractivity contribution in [2.45, 2.75) is 12.3 Å². The van der Waals surface area contributed by atoms with Crippen LogP contribution in [-0.4, -0.2) is 26.2 Å². The number of hydrogen-bond acceptors (Lipinski definition) is 8. The van der Waals surface area contributed by atoms with Gasteiger partial charge in [-0.15, -0.1) is 11.3 Å². The van der Waals surface area contributed by atoms with E-state index in [1.807, 2.05) is 6.07 Å². The van der Waals surface area contributed by atoms with E-state index in [1.54, 1.807) is 12.1 Å². The van der Waals surface area contributed by atoms with Crippen molar-refractivity contribution in [3.63, 3.8) is 0 Å². The fourth-order valence-corrected chi connectivity index (χ4v) is 3.80. The molecule has 0 fully saturated rings. The number of nitrogens with zero attached hydrogens (tertiary/aromatic N) is 1. The fourth-order valence-electron chi connectivity index (χ4n) is 2.25. The third kappa shape index (κ3) is 3.44. The number of carbonyl (C=O) groups excluding carboxylic acids is 2. The molecular formula is C15H13BrN2O5S. The lowest BCUT2D eigenvalue weighted by atomic mass is 9.87. The van der Waals surface area contributed by atoms with Gasteiger partial charge in [-0.3, -0.25) is 4.79 Å². The predicted molar refractivity (Wildman–Crippen MR) is 88.3 cm³/mol. The summed E-state index contributed by atoms with van der Waals surface area (Å²) in [7, 11) is 2.43. The molecule has 0 saturated carbocycles. The van der Waals surface area contributed by atoms with Gasteiger partial charge in [0.25, 0.3) is 0 Å². The van der Waals surface area contributed by atoms with E-state index >= 15 is 0 Å². The van der Waals surface area contributed by atoms with Crippen LogP contribution < -0.4 is 5.73 Å². The van der Waals surface area contributed by atoms with Crippen molar-refractivity contribution >= 4 is 39.2 Å². The summed E-state index contributed by atoms with van der Waals surface area (Å²) < 4.78 is 15.6. The summed E-state index contributed by atoms with van der Waals surface area (Å²) in [5.74, 6) is -2.22. The number of ether oxygens (including phenoxy) is 3. The normalized spacial score (nSPS) is 17.2. The number of nitrogens with two attached hydrogens (primary N) is 1. The zero-order valence-corrected chi connectivity index (χ0v) is 15.2. The van der Waals surface area contributed by atoms with Crippen LogP contribution >= 0.6 is 27.3 Å². The molecule has 0 saturated heterocycles. The van der Waals surface area contributed by atoms with Crippen LogP contribution in [0.3, 0.4) is 0 Å². The number of nitriles is 1. The van der Waals surface area contributed by atoms with E-state index in [2.05, 4.69) is 20.7 Å². The summed E-state index contributed by atoms with van der Waals surface area (Å²) in [6, 6.07) is 5.52. The Morgan fingerprint density at radius 3 is 2.62 bits per heavy atom. The van der Waals surface area contributed by atoms with Gasteiger partial charge in [-0.05, 0) is 28.1 Å². The van der Waals surface area contributed by atoms with Gasteiger partial charge in [-0.2, -0.15) is 5.26 Å². The van der Waals surface area contributed by atoms with Crippen molar-refractivity contribution in [2.75, 3.05) is 14.2 Å². The van der Waals surface area contributed by atoms with Crippen molar-refractivity contribution in [3.8, 4) is 6.07 Å². The first-order chi connectivity index (χ1) is 11.4. The number of thiophene rings is 1. The largest absolute Gasteiger partial charge is 0.469 e. The topological polar surface area (TPSA) is 112 Å². The second-order valence-corrected chi connectivity index (χ2v) is 7.14. The molecule has 9 heteroatoms. The predicted octanol–water partition coefficient (Wildman–Crippen LogP) is 2.31. The summed E-state index contributed by atoms with van der Waals surface area (Å²) in [6.45, 7) is 0. The van der Waals surface area contributed by atoms with Crippen LogP contribution in [0.5, 0.6) is 0 Å². The molecule has 0 spiro atoms. The van der Waals surface area contributed by atoms with Crippen LogP contribution in [0.25, 0.3) is 0 Å². The number of allylic oxidation sites excluding steroid dienone is 1. The first-order valence-electron chi connectivity index (χ1n) is 6.63. The minimum Gasteiger partial charge on any atom is -0.469 e.